The van der Waals surface area contributed by atoms with Crippen molar-refractivity contribution >= 4 is 28.5 Å². The normalized spacial score (nSPS) is 10.5. The van der Waals surface area contributed by atoms with Gasteiger partial charge in [0.15, 0.2) is 0 Å². The summed E-state index contributed by atoms with van der Waals surface area (Å²) >= 11 is 2.24. The van der Waals surface area contributed by atoms with Gasteiger partial charge in [0.05, 0.1) is 0 Å². The highest BCUT2D eigenvalue weighted by Gasteiger charge is 2.06. The molecule has 0 aliphatic rings. The molecule has 1 amide bonds. The van der Waals surface area contributed by atoms with Gasteiger partial charge >= 0.3 is 5.69 Å². The summed E-state index contributed by atoms with van der Waals surface area (Å²) in [4.78, 5) is 25.3. The van der Waals surface area contributed by atoms with Gasteiger partial charge in [-0.2, -0.15) is 5.10 Å². The third-order valence-corrected chi connectivity index (χ3v) is 4.06. The Hall–Kier alpha value is -1.64. The van der Waals surface area contributed by atoms with Crippen LogP contribution in [0.4, 0.5) is 0 Å². The number of aromatic amines is 2. The number of rotatable bonds is 5. The van der Waals surface area contributed by atoms with E-state index in [9.17, 15) is 9.59 Å². The van der Waals surface area contributed by atoms with Gasteiger partial charge in [0.1, 0.15) is 5.82 Å². The minimum absolute atomic E-state index is 0.0833. The Morgan fingerprint density at radius 1 is 1.45 bits per heavy atom. The summed E-state index contributed by atoms with van der Waals surface area (Å²) in [5.74, 6) is 0.523. The monoisotopic (exact) mass is 386 g/mol. The van der Waals surface area contributed by atoms with Gasteiger partial charge in [-0.25, -0.2) is 9.89 Å². The van der Waals surface area contributed by atoms with Crippen molar-refractivity contribution in [3.63, 3.8) is 0 Å². The first-order chi connectivity index (χ1) is 9.56. The van der Waals surface area contributed by atoms with Crippen LogP contribution in [0.2, 0.25) is 0 Å². The fraction of sp³-hybridized carbons (Fsp3) is 0.308. The lowest BCUT2D eigenvalue weighted by Gasteiger charge is -2.06. The molecule has 0 saturated carbocycles. The molecule has 1 aromatic heterocycles. The third kappa shape index (κ3) is 3.92. The number of halogens is 1. The van der Waals surface area contributed by atoms with Crippen molar-refractivity contribution in [2.75, 3.05) is 6.54 Å². The molecule has 0 unspecified atom stereocenters. The van der Waals surface area contributed by atoms with Gasteiger partial charge in [-0.15, -0.1) is 0 Å². The first-order valence-electron chi connectivity index (χ1n) is 6.24. The highest BCUT2D eigenvalue weighted by Crippen LogP contribution is 2.13. The summed E-state index contributed by atoms with van der Waals surface area (Å²) in [5.41, 5.74) is 1.45. The molecule has 2 rings (SSSR count). The molecular weight excluding hydrogens is 371 g/mol. The van der Waals surface area contributed by atoms with Crippen molar-refractivity contribution in [3.8, 4) is 0 Å². The van der Waals surface area contributed by atoms with Crippen LogP contribution in [0.25, 0.3) is 0 Å². The lowest BCUT2D eigenvalue weighted by molar-refractivity contribution is 0.0953. The zero-order valence-electron chi connectivity index (χ0n) is 11.0. The molecule has 20 heavy (non-hydrogen) atoms. The summed E-state index contributed by atoms with van der Waals surface area (Å²) in [5, 5.41) is 8.96. The number of nitrogens with one attached hydrogen (secondary N) is 3. The number of nitrogens with zero attached hydrogens (tertiary/aromatic N) is 1. The summed E-state index contributed by atoms with van der Waals surface area (Å²) in [6.45, 7) is 2.52. The highest BCUT2D eigenvalue weighted by molar-refractivity contribution is 14.1. The van der Waals surface area contributed by atoms with E-state index in [1.54, 1.807) is 0 Å². The molecule has 0 radical (unpaired) electrons. The van der Waals surface area contributed by atoms with Gasteiger partial charge in [-0.05, 0) is 59.7 Å². The van der Waals surface area contributed by atoms with Crippen molar-refractivity contribution < 1.29 is 4.79 Å². The van der Waals surface area contributed by atoms with Crippen LogP contribution in [0.3, 0.4) is 0 Å². The van der Waals surface area contributed by atoms with Gasteiger partial charge in [0.2, 0.25) is 0 Å². The lowest BCUT2D eigenvalue weighted by Crippen LogP contribution is -2.25. The molecule has 7 heteroatoms. The molecular formula is C13H15IN4O2. The standard InChI is InChI=1S/C13H15IN4O2/c1-8-7-9(4-5-10(8)14)12(19)15-6-2-3-11-16-13(20)18-17-11/h4-5,7H,2-3,6H2,1H3,(H,15,19)(H2,16,17,18,20). The molecule has 1 heterocycles. The van der Waals surface area contributed by atoms with Crippen LogP contribution < -0.4 is 11.0 Å². The summed E-state index contributed by atoms with van der Waals surface area (Å²) in [6.07, 6.45) is 1.33. The largest absolute Gasteiger partial charge is 0.352 e. The molecule has 0 aliphatic heterocycles. The third-order valence-electron chi connectivity index (χ3n) is 2.85. The Morgan fingerprint density at radius 2 is 2.25 bits per heavy atom. The van der Waals surface area contributed by atoms with E-state index in [0.29, 0.717) is 24.4 Å². The number of hydrogen-bond donors (Lipinski definition) is 3. The molecule has 6 nitrogen and oxygen atoms in total. The molecule has 0 spiro atoms. The Labute approximate surface area is 129 Å². The van der Waals surface area contributed by atoms with Crippen LogP contribution in [0.1, 0.15) is 28.2 Å². The van der Waals surface area contributed by atoms with Gasteiger partial charge in [-0.3, -0.25) is 9.78 Å². The Kier molecular flexibility index (Phi) is 4.94. The molecule has 0 atom stereocenters. The topological polar surface area (TPSA) is 90.6 Å². The molecule has 1 aromatic carbocycles. The zero-order valence-corrected chi connectivity index (χ0v) is 13.2. The number of hydrogen-bond acceptors (Lipinski definition) is 3. The molecule has 0 bridgehead atoms. The quantitative estimate of drug-likeness (QED) is 0.536. The number of amides is 1. The van der Waals surface area contributed by atoms with E-state index in [4.69, 9.17) is 0 Å². The van der Waals surface area contributed by atoms with Crippen molar-refractivity contribution in [1.82, 2.24) is 20.5 Å². The SMILES string of the molecule is Cc1cc(C(=O)NCCCc2n[nH]c(=O)[nH]2)ccc1I. The van der Waals surface area contributed by atoms with Crippen LogP contribution in [0.5, 0.6) is 0 Å². The van der Waals surface area contributed by atoms with Crippen LogP contribution in [-0.4, -0.2) is 27.6 Å². The van der Waals surface area contributed by atoms with Crippen LogP contribution in [-0.2, 0) is 6.42 Å². The average Bonchev–Trinajstić information content (AvgIpc) is 2.83. The molecule has 3 N–H and O–H groups in total. The molecule has 0 aliphatic carbocycles. The van der Waals surface area contributed by atoms with E-state index in [2.05, 4.69) is 43.1 Å². The van der Waals surface area contributed by atoms with Crippen molar-refractivity contribution in [3.05, 3.63) is 49.2 Å². The fourth-order valence-corrected chi connectivity index (χ4v) is 2.10. The summed E-state index contributed by atoms with van der Waals surface area (Å²) in [6, 6.07) is 5.62. The zero-order chi connectivity index (χ0) is 14.5. The number of carbonyl (C=O) groups is 1. The van der Waals surface area contributed by atoms with Gasteiger partial charge in [-0.1, -0.05) is 0 Å². The van der Waals surface area contributed by atoms with E-state index in [1.807, 2.05) is 25.1 Å². The number of aryl methyl sites for hydroxylation is 2. The minimum atomic E-state index is -0.307. The average molecular weight is 386 g/mol. The fourth-order valence-electron chi connectivity index (χ4n) is 1.77. The minimum Gasteiger partial charge on any atom is -0.352 e. The lowest BCUT2D eigenvalue weighted by atomic mass is 10.1. The van der Waals surface area contributed by atoms with Gasteiger partial charge < -0.3 is 5.32 Å². The molecule has 2 aromatic rings. The van der Waals surface area contributed by atoms with Gasteiger partial charge in [0, 0.05) is 22.1 Å². The first-order valence-corrected chi connectivity index (χ1v) is 7.32. The van der Waals surface area contributed by atoms with Crippen LogP contribution in [0.15, 0.2) is 23.0 Å². The van der Waals surface area contributed by atoms with Crippen molar-refractivity contribution in [1.29, 1.82) is 0 Å². The van der Waals surface area contributed by atoms with Gasteiger partial charge in [0.25, 0.3) is 5.91 Å². The Balaban J connectivity index is 1.80. The Morgan fingerprint density at radius 3 is 2.90 bits per heavy atom. The number of benzene rings is 1. The van der Waals surface area contributed by atoms with Crippen LogP contribution in [0, 0.1) is 10.5 Å². The predicted octanol–water partition coefficient (Wildman–Crippen LogP) is 1.37. The van der Waals surface area contributed by atoms with E-state index < -0.39 is 0 Å². The summed E-state index contributed by atoms with van der Waals surface area (Å²) < 4.78 is 1.14. The van der Waals surface area contributed by atoms with E-state index >= 15 is 0 Å². The number of carbonyl (C=O) groups excluding carboxylic acids is 1. The first kappa shape index (κ1) is 14.8. The molecule has 0 saturated heterocycles. The van der Waals surface area contributed by atoms with E-state index in [-0.39, 0.29) is 11.6 Å². The second-order valence-electron chi connectivity index (χ2n) is 4.45. The second kappa shape index (κ2) is 6.69. The second-order valence-corrected chi connectivity index (χ2v) is 5.61. The number of H-pyrrole nitrogens is 2. The number of aromatic nitrogens is 3. The maximum atomic E-state index is 11.9. The Bertz CT molecular complexity index is 662. The van der Waals surface area contributed by atoms with Crippen LogP contribution >= 0.6 is 22.6 Å². The maximum Gasteiger partial charge on any atom is 0.340 e. The van der Waals surface area contributed by atoms with Crippen molar-refractivity contribution in [2.45, 2.75) is 19.8 Å². The summed E-state index contributed by atoms with van der Waals surface area (Å²) in [7, 11) is 0. The predicted molar refractivity (Wildman–Crippen MR) is 83.8 cm³/mol. The van der Waals surface area contributed by atoms with Crippen molar-refractivity contribution in [2.24, 2.45) is 0 Å². The molecule has 106 valence electrons. The smallest absolute Gasteiger partial charge is 0.340 e. The highest BCUT2D eigenvalue weighted by atomic mass is 127. The van der Waals surface area contributed by atoms with E-state index in [1.165, 1.54) is 0 Å². The molecule has 0 fully saturated rings. The van der Waals surface area contributed by atoms with E-state index in [0.717, 1.165) is 15.6 Å². The maximum absolute atomic E-state index is 11.9.